The molecule has 1 aromatic carbocycles. The van der Waals surface area contributed by atoms with Gasteiger partial charge in [-0.15, -0.1) is 0 Å². The average molecular weight is 264 g/mol. The molecule has 17 heavy (non-hydrogen) atoms. The number of carbonyl (C=O) groups is 1. The Kier molecular flexibility index (Phi) is 5.85. The Balaban J connectivity index is 0.00000256. The number of nitro groups is 2. The van der Waals surface area contributed by atoms with Crippen LogP contribution < -0.4 is 56.5 Å². The third kappa shape index (κ3) is 3.54. The van der Waals surface area contributed by atoms with Crippen molar-refractivity contribution in [2.45, 2.75) is 6.92 Å². The molecule has 1 rings (SSSR count). The largest absolute Gasteiger partial charge is 1.00 e. The predicted octanol–water partition coefficient (Wildman–Crippen LogP) is -2.82. The minimum absolute atomic E-state index is 0. The van der Waals surface area contributed by atoms with Gasteiger partial charge < -0.3 is 9.90 Å². The molecule has 0 amide bonds. The summed E-state index contributed by atoms with van der Waals surface area (Å²) < 4.78 is 0. The zero-order chi connectivity index (χ0) is 12.5. The Morgan fingerprint density at radius 1 is 1.12 bits per heavy atom. The zero-order valence-corrected chi connectivity index (χ0v) is 12.1. The molecule has 0 heterocycles. The fourth-order valence-corrected chi connectivity index (χ4v) is 1.18. The van der Waals surface area contributed by atoms with E-state index in [0.717, 1.165) is 12.1 Å². The molecule has 0 aliphatic heterocycles. The number of carboxylic acids is 1. The molecule has 84 valence electrons. The molecule has 0 radical (unpaired) electrons. The molecule has 0 atom stereocenters. The normalized spacial score (nSPS) is 9.24. The van der Waals surface area contributed by atoms with Gasteiger partial charge in [0.05, 0.1) is 15.8 Å². The van der Waals surface area contributed by atoms with E-state index in [1.807, 2.05) is 0 Å². The predicted molar refractivity (Wildman–Crippen MR) is 48.8 cm³/mol. The van der Waals surface area contributed by atoms with Gasteiger partial charge in [0.2, 0.25) is 0 Å². The topological polar surface area (TPSA) is 126 Å². The van der Waals surface area contributed by atoms with Crippen LogP contribution in [0.15, 0.2) is 12.1 Å². The first kappa shape index (κ1) is 16.1. The first-order chi connectivity index (χ1) is 7.34. The second-order valence-electron chi connectivity index (χ2n) is 2.94. The maximum absolute atomic E-state index is 10.5. The van der Waals surface area contributed by atoms with Crippen LogP contribution in [0.4, 0.5) is 11.4 Å². The third-order valence-electron chi connectivity index (χ3n) is 1.98. The number of benzene rings is 1. The first-order valence-corrected chi connectivity index (χ1v) is 3.99. The van der Waals surface area contributed by atoms with Crippen LogP contribution in [0.1, 0.15) is 15.9 Å². The second kappa shape index (κ2) is 6.17. The molecule has 0 spiro atoms. The summed E-state index contributed by atoms with van der Waals surface area (Å²) in [6.45, 7) is 1.18. The monoisotopic (exact) mass is 264 g/mol. The molecule has 0 unspecified atom stereocenters. The van der Waals surface area contributed by atoms with Crippen LogP contribution in [0.5, 0.6) is 0 Å². The summed E-state index contributed by atoms with van der Waals surface area (Å²) >= 11 is 0. The van der Waals surface area contributed by atoms with Crippen molar-refractivity contribution in [2.24, 2.45) is 0 Å². The summed E-state index contributed by atoms with van der Waals surface area (Å²) in [5.74, 6) is -1.70. The van der Waals surface area contributed by atoms with E-state index in [4.69, 9.17) is 0 Å². The van der Waals surface area contributed by atoms with Crippen molar-refractivity contribution in [3.8, 4) is 0 Å². The SMILES string of the molecule is Cc1c([N+](=O)[O-])cc(C(=O)[O-])cc1[N+](=O)[O-].[K+]. The molecule has 0 aliphatic carbocycles. The average Bonchev–Trinajstić information content (AvgIpc) is 2.16. The number of nitrogens with zero attached hydrogens (tertiary/aromatic N) is 2. The molecule has 8 nitrogen and oxygen atoms in total. The van der Waals surface area contributed by atoms with Gasteiger partial charge >= 0.3 is 51.4 Å². The van der Waals surface area contributed by atoms with E-state index in [1.54, 1.807) is 0 Å². The van der Waals surface area contributed by atoms with Crippen molar-refractivity contribution in [3.63, 3.8) is 0 Å². The standard InChI is InChI=1S/C8H6N2O6.K/c1-4-6(9(13)14)2-5(8(11)12)3-7(4)10(15)16;/h2-3H,1H3,(H,11,12);/q;+1/p-1. The third-order valence-corrected chi connectivity index (χ3v) is 1.98. The molecule has 9 heteroatoms. The van der Waals surface area contributed by atoms with Gasteiger partial charge in [-0.25, -0.2) is 0 Å². The number of carboxylic acid groups (broad SMARTS) is 1. The smallest absolute Gasteiger partial charge is 0.545 e. The Bertz CT molecular complexity index is 466. The number of rotatable bonds is 3. The molecular formula is C8H5KN2O6. The van der Waals surface area contributed by atoms with E-state index in [-0.39, 0.29) is 56.9 Å². The van der Waals surface area contributed by atoms with Gasteiger partial charge in [0.15, 0.2) is 0 Å². The maximum atomic E-state index is 10.5. The van der Waals surface area contributed by atoms with Crippen molar-refractivity contribution in [3.05, 3.63) is 43.5 Å². The molecule has 0 saturated carbocycles. The fraction of sp³-hybridized carbons (Fsp3) is 0.125. The number of hydrogen-bond donors (Lipinski definition) is 0. The van der Waals surface area contributed by atoms with Crippen LogP contribution in [0.2, 0.25) is 0 Å². The molecule has 0 bridgehead atoms. The summed E-state index contributed by atoms with van der Waals surface area (Å²) in [6.07, 6.45) is 0. The van der Waals surface area contributed by atoms with Crippen LogP contribution in [0.3, 0.4) is 0 Å². The van der Waals surface area contributed by atoms with Gasteiger partial charge in [0, 0.05) is 17.7 Å². The number of carbonyl (C=O) groups excluding carboxylic acids is 1. The van der Waals surface area contributed by atoms with Gasteiger partial charge in [0.1, 0.15) is 5.56 Å². The van der Waals surface area contributed by atoms with E-state index in [9.17, 15) is 30.1 Å². The summed E-state index contributed by atoms with van der Waals surface area (Å²) in [5.41, 5.74) is -2.02. The second-order valence-corrected chi connectivity index (χ2v) is 2.94. The van der Waals surface area contributed by atoms with Gasteiger partial charge in [-0.1, -0.05) is 0 Å². The van der Waals surface area contributed by atoms with Gasteiger partial charge in [0.25, 0.3) is 11.4 Å². The molecule has 0 aliphatic rings. The van der Waals surface area contributed by atoms with Crippen LogP contribution in [-0.4, -0.2) is 15.8 Å². The molecular weight excluding hydrogens is 259 g/mol. The van der Waals surface area contributed by atoms with Crippen LogP contribution in [-0.2, 0) is 0 Å². The Hall–Kier alpha value is -0.874. The van der Waals surface area contributed by atoms with Crippen molar-refractivity contribution in [1.82, 2.24) is 0 Å². The maximum Gasteiger partial charge on any atom is 1.00 e. The van der Waals surface area contributed by atoms with Crippen molar-refractivity contribution in [1.29, 1.82) is 0 Å². The Morgan fingerprint density at radius 3 is 1.71 bits per heavy atom. The minimum atomic E-state index is -1.70. The fourth-order valence-electron chi connectivity index (χ4n) is 1.18. The Labute approximate surface area is 137 Å². The molecule has 0 N–H and O–H groups in total. The van der Waals surface area contributed by atoms with Gasteiger partial charge in [-0.05, 0) is 6.92 Å². The van der Waals surface area contributed by atoms with Gasteiger partial charge in [-0.2, -0.15) is 0 Å². The van der Waals surface area contributed by atoms with E-state index < -0.39 is 32.8 Å². The number of nitro benzene ring substituents is 2. The Morgan fingerprint density at radius 2 is 1.47 bits per heavy atom. The van der Waals surface area contributed by atoms with Crippen LogP contribution >= 0.6 is 0 Å². The zero-order valence-electron chi connectivity index (χ0n) is 9.00. The number of hydrogen-bond acceptors (Lipinski definition) is 6. The van der Waals surface area contributed by atoms with Crippen molar-refractivity contribution in [2.75, 3.05) is 0 Å². The minimum Gasteiger partial charge on any atom is -0.545 e. The summed E-state index contributed by atoms with van der Waals surface area (Å²) in [5, 5.41) is 31.6. The van der Waals surface area contributed by atoms with E-state index >= 15 is 0 Å². The van der Waals surface area contributed by atoms with Crippen LogP contribution in [0, 0.1) is 27.2 Å². The van der Waals surface area contributed by atoms with E-state index in [0.29, 0.717) is 0 Å². The number of aromatic carboxylic acids is 1. The molecule has 0 saturated heterocycles. The molecule has 0 fully saturated rings. The first-order valence-electron chi connectivity index (χ1n) is 3.99. The summed E-state index contributed by atoms with van der Waals surface area (Å²) in [6, 6.07) is 1.47. The molecule has 0 aromatic heterocycles. The summed E-state index contributed by atoms with van der Waals surface area (Å²) in [4.78, 5) is 29.8. The molecule has 1 aromatic rings. The van der Waals surface area contributed by atoms with E-state index in [2.05, 4.69) is 0 Å². The van der Waals surface area contributed by atoms with Crippen molar-refractivity contribution >= 4 is 17.3 Å². The van der Waals surface area contributed by atoms with E-state index in [1.165, 1.54) is 6.92 Å². The summed E-state index contributed by atoms with van der Waals surface area (Å²) in [7, 11) is 0. The van der Waals surface area contributed by atoms with Crippen LogP contribution in [0.25, 0.3) is 0 Å². The van der Waals surface area contributed by atoms with Crippen molar-refractivity contribution < 1.29 is 71.1 Å². The van der Waals surface area contributed by atoms with Gasteiger partial charge in [-0.3, -0.25) is 20.2 Å². The quantitative estimate of drug-likeness (QED) is 0.329.